The van der Waals surface area contributed by atoms with Gasteiger partial charge in [-0.2, -0.15) is 0 Å². The number of hydrogen-bond donors (Lipinski definition) is 0. The highest BCUT2D eigenvalue weighted by molar-refractivity contribution is 5.07. The predicted molar refractivity (Wildman–Crippen MR) is 60.1 cm³/mol. The number of methoxy groups -OCH3 is 1. The summed E-state index contributed by atoms with van der Waals surface area (Å²) in [5.74, 6) is 3.69. The molecule has 2 bridgehead atoms. The van der Waals surface area contributed by atoms with Gasteiger partial charge in [-0.1, -0.05) is 6.42 Å². The first-order valence-corrected chi connectivity index (χ1v) is 6.25. The zero-order valence-electron chi connectivity index (χ0n) is 9.80. The second-order valence-corrected chi connectivity index (χ2v) is 5.16. The maximum atomic E-state index is 5.12. The number of nitrogens with zero attached hydrogens (tertiary/aromatic N) is 3. The molecule has 0 saturated heterocycles. The van der Waals surface area contributed by atoms with Crippen LogP contribution in [0.15, 0.2) is 6.33 Å². The van der Waals surface area contributed by atoms with Crippen LogP contribution >= 0.6 is 0 Å². The zero-order valence-corrected chi connectivity index (χ0v) is 9.80. The largest absolute Gasteiger partial charge is 0.383 e. The van der Waals surface area contributed by atoms with Gasteiger partial charge in [-0.05, 0) is 31.1 Å². The van der Waals surface area contributed by atoms with E-state index in [1.807, 2.05) is 6.33 Å². The van der Waals surface area contributed by atoms with E-state index in [1.54, 1.807) is 7.11 Å². The molecule has 3 unspecified atom stereocenters. The van der Waals surface area contributed by atoms with Crippen LogP contribution in [0.2, 0.25) is 0 Å². The fourth-order valence-electron chi connectivity index (χ4n) is 3.47. The van der Waals surface area contributed by atoms with Gasteiger partial charge in [0.15, 0.2) is 0 Å². The maximum absolute atomic E-state index is 5.12. The Labute approximate surface area is 96.0 Å². The quantitative estimate of drug-likeness (QED) is 0.778. The lowest BCUT2D eigenvalue weighted by molar-refractivity contribution is 0.185. The smallest absolute Gasteiger partial charge is 0.136 e. The molecule has 2 aliphatic carbocycles. The average Bonchev–Trinajstić information content (AvgIpc) is 3.01. The van der Waals surface area contributed by atoms with E-state index < -0.39 is 0 Å². The van der Waals surface area contributed by atoms with Crippen molar-refractivity contribution in [2.75, 3.05) is 13.7 Å². The summed E-state index contributed by atoms with van der Waals surface area (Å²) in [6, 6.07) is 0. The van der Waals surface area contributed by atoms with E-state index in [9.17, 15) is 0 Å². The molecule has 3 atom stereocenters. The first-order valence-electron chi connectivity index (χ1n) is 6.25. The van der Waals surface area contributed by atoms with Crippen LogP contribution in [0.25, 0.3) is 0 Å². The zero-order chi connectivity index (χ0) is 11.0. The van der Waals surface area contributed by atoms with E-state index in [0.29, 0.717) is 5.92 Å². The monoisotopic (exact) mass is 221 g/mol. The standard InChI is InChI=1S/C12H19N3O/c1-16-5-4-15-8-13-14-12(15)11-7-9-2-3-10(11)6-9/h8-11H,2-7H2,1H3. The molecule has 0 aliphatic heterocycles. The molecular weight excluding hydrogens is 202 g/mol. The highest BCUT2D eigenvalue weighted by atomic mass is 16.5. The highest BCUT2D eigenvalue weighted by Gasteiger charge is 2.42. The van der Waals surface area contributed by atoms with Gasteiger partial charge in [0.2, 0.25) is 0 Å². The van der Waals surface area contributed by atoms with Crippen molar-refractivity contribution in [3.8, 4) is 0 Å². The van der Waals surface area contributed by atoms with E-state index in [0.717, 1.165) is 25.0 Å². The molecule has 1 aromatic heterocycles. The molecule has 88 valence electrons. The second kappa shape index (κ2) is 4.17. The van der Waals surface area contributed by atoms with Gasteiger partial charge in [0.05, 0.1) is 6.61 Å². The van der Waals surface area contributed by atoms with Crippen LogP contribution in [0.3, 0.4) is 0 Å². The third-order valence-electron chi connectivity index (χ3n) is 4.25. The van der Waals surface area contributed by atoms with E-state index in [4.69, 9.17) is 4.74 Å². The molecule has 0 N–H and O–H groups in total. The number of hydrogen-bond acceptors (Lipinski definition) is 3. The number of ether oxygens (including phenoxy) is 1. The van der Waals surface area contributed by atoms with Gasteiger partial charge in [0.1, 0.15) is 12.2 Å². The van der Waals surface area contributed by atoms with Crippen molar-refractivity contribution in [2.45, 2.75) is 38.1 Å². The topological polar surface area (TPSA) is 39.9 Å². The molecule has 2 saturated carbocycles. The van der Waals surface area contributed by atoms with Crippen LogP contribution in [0, 0.1) is 11.8 Å². The molecular formula is C12H19N3O. The predicted octanol–water partition coefficient (Wildman–Crippen LogP) is 1.83. The summed E-state index contributed by atoms with van der Waals surface area (Å²) in [5.41, 5.74) is 0. The van der Waals surface area contributed by atoms with E-state index in [-0.39, 0.29) is 0 Å². The Balaban J connectivity index is 1.76. The lowest BCUT2D eigenvalue weighted by Gasteiger charge is -2.21. The number of aromatic nitrogens is 3. The Morgan fingerprint density at radius 1 is 1.44 bits per heavy atom. The summed E-state index contributed by atoms with van der Waals surface area (Å²) < 4.78 is 7.29. The number of rotatable bonds is 4. The molecule has 16 heavy (non-hydrogen) atoms. The third-order valence-corrected chi connectivity index (χ3v) is 4.25. The minimum absolute atomic E-state index is 0.665. The van der Waals surface area contributed by atoms with Crippen LogP contribution in [-0.2, 0) is 11.3 Å². The minimum atomic E-state index is 0.665. The number of fused-ring (bicyclic) bond motifs is 2. The average molecular weight is 221 g/mol. The van der Waals surface area contributed by atoms with Gasteiger partial charge in [-0.25, -0.2) is 0 Å². The van der Waals surface area contributed by atoms with Crippen LogP contribution < -0.4 is 0 Å². The van der Waals surface area contributed by atoms with Crippen LogP contribution in [0.1, 0.15) is 37.4 Å². The van der Waals surface area contributed by atoms with Crippen LogP contribution in [-0.4, -0.2) is 28.5 Å². The maximum Gasteiger partial charge on any atom is 0.136 e. The van der Waals surface area contributed by atoms with Crippen molar-refractivity contribution in [2.24, 2.45) is 11.8 Å². The molecule has 2 aliphatic rings. The van der Waals surface area contributed by atoms with Crippen molar-refractivity contribution < 1.29 is 4.74 Å². The van der Waals surface area contributed by atoms with E-state index in [1.165, 1.54) is 31.5 Å². The summed E-state index contributed by atoms with van der Waals surface area (Å²) in [5, 5.41) is 8.39. The third kappa shape index (κ3) is 1.65. The molecule has 4 heteroatoms. The summed E-state index contributed by atoms with van der Waals surface area (Å²) >= 11 is 0. The van der Waals surface area contributed by atoms with Gasteiger partial charge in [0.25, 0.3) is 0 Å². The molecule has 0 spiro atoms. The first kappa shape index (κ1) is 10.3. The normalized spacial score (nSPS) is 32.4. The molecule has 0 amide bonds. The Bertz CT molecular complexity index is 363. The molecule has 0 aromatic carbocycles. The molecule has 2 fully saturated rings. The van der Waals surface area contributed by atoms with E-state index in [2.05, 4.69) is 14.8 Å². The second-order valence-electron chi connectivity index (χ2n) is 5.16. The lowest BCUT2D eigenvalue weighted by Crippen LogP contribution is -2.16. The van der Waals surface area contributed by atoms with Gasteiger partial charge in [0, 0.05) is 19.6 Å². The fourth-order valence-corrected chi connectivity index (χ4v) is 3.47. The first-order chi connectivity index (χ1) is 7.88. The van der Waals surface area contributed by atoms with Crippen molar-refractivity contribution in [3.63, 3.8) is 0 Å². The van der Waals surface area contributed by atoms with Gasteiger partial charge < -0.3 is 9.30 Å². The van der Waals surface area contributed by atoms with Crippen molar-refractivity contribution >= 4 is 0 Å². The van der Waals surface area contributed by atoms with E-state index >= 15 is 0 Å². The molecule has 4 nitrogen and oxygen atoms in total. The lowest BCUT2D eigenvalue weighted by atomic mass is 9.88. The van der Waals surface area contributed by atoms with Gasteiger partial charge in [-0.3, -0.25) is 0 Å². The fraction of sp³-hybridized carbons (Fsp3) is 0.833. The summed E-state index contributed by atoms with van der Waals surface area (Å²) in [4.78, 5) is 0. The van der Waals surface area contributed by atoms with Crippen molar-refractivity contribution in [1.29, 1.82) is 0 Å². The minimum Gasteiger partial charge on any atom is -0.383 e. The summed E-state index contributed by atoms with van der Waals surface area (Å²) in [7, 11) is 1.74. The highest BCUT2D eigenvalue weighted by Crippen LogP contribution is 2.52. The van der Waals surface area contributed by atoms with Gasteiger partial charge in [-0.15, -0.1) is 10.2 Å². The summed E-state index contributed by atoms with van der Waals surface area (Å²) in [6.45, 7) is 1.62. The molecule has 0 radical (unpaired) electrons. The Kier molecular flexibility index (Phi) is 2.67. The molecule has 3 rings (SSSR count). The Morgan fingerprint density at radius 2 is 2.38 bits per heavy atom. The van der Waals surface area contributed by atoms with Crippen molar-refractivity contribution in [3.05, 3.63) is 12.2 Å². The molecule has 1 heterocycles. The molecule has 1 aromatic rings. The summed E-state index contributed by atoms with van der Waals surface area (Å²) in [6.07, 6.45) is 7.43. The van der Waals surface area contributed by atoms with Gasteiger partial charge >= 0.3 is 0 Å². The van der Waals surface area contributed by atoms with Crippen LogP contribution in [0.4, 0.5) is 0 Å². The van der Waals surface area contributed by atoms with Crippen molar-refractivity contribution in [1.82, 2.24) is 14.8 Å². The Morgan fingerprint density at radius 3 is 3.06 bits per heavy atom. The van der Waals surface area contributed by atoms with Crippen LogP contribution in [0.5, 0.6) is 0 Å². The SMILES string of the molecule is COCCn1cnnc1C1CC2CCC1C2. The Hall–Kier alpha value is -0.900.